The van der Waals surface area contributed by atoms with Crippen molar-refractivity contribution in [2.45, 2.75) is 77.8 Å². The number of ether oxygens (including phenoxy) is 2. The van der Waals surface area contributed by atoms with E-state index in [0.717, 1.165) is 13.5 Å². The zero-order valence-corrected chi connectivity index (χ0v) is 15.1. The molecule has 0 spiro atoms. The Kier molecular flexibility index (Phi) is 9.25. The minimum absolute atomic E-state index is 0.0326. The fourth-order valence-corrected chi connectivity index (χ4v) is 3.66. The monoisotopic (exact) mass is 325 g/mol. The van der Waals surface area contributed by atoms with E-state index >= 15 is 0 Å². The molecule has 1 saturated carbocycles. The van der Waals surface area contributed by atoms with Gasteiger partial charge in [0, 0.05) is 20.6 Å². The zero-order valence-electron chi connectivity index (χ0n) is 14.3. The molecule has 6 nitrogen and oxygen atoms in total. The largest absolute Gasteiger partial charge is 0.756 e. The Labute approximate surface area is 128 Å². The lowest BCUT2D eigenvalue weighted by Crippen LogP contribution is -2.41. The van der Waals surface area contributed by atoms with Gasteiger partial charge in [0.25, 0.3) is 7.82 Å². The third kappa shape index (κ3) is 5.02. The predicted molar refractivity (Wildman–Crippen MR) is 80.1 cm³/mol. The molecule has 2 rings (SSSR count). The normalized spacial score (nSPS) is 36.7. The van der Waals surface area contributed by atoms with Crippen LogP contribution in [0.15, 0.2) is 0 Å². The van der Waals surface area contributed by atoms with E-state index in [4.69, 9.17) is 14.0 Å². The van der Waals surface area contributed by atoms with Crippen molar-refractivity contribution in [1.29, 1.82) is 0 Å². The first kappa shape index (κ1) is 21.0. The van der Waals surface area contributed by atoms with Crippen molar-refractivity contribution in [2.75, 3.05) is 14.2 Å². The molecular formula is C14H30O6P-. The number of phosphoric ester groups is 1. The molecule has 1 heterocycles. The zero-order chi connectivity index (χ0) is 16.7. The lowest BCUT2D eigenvalue weighted by Gasteiger charge is -2.34. The van der Waals surface area contributed by atoms with Crippen molar-refractivity contribution in [3.8, 4) is 0 Å². The van der Waals surface area contributed by atoms with Gasteiger partial charge in [-0.2, -0.15) is 0 Å². The minimum Gasteiger partial charge on any atom is -0.756 e. The fourth-order valence-electron chi connectivity index (χ4n) is 2.87. The highest BCUT2D eigenvalue weighted by atomic mass is 31.2. The molecule has 7 heteroatoms. The van der Waals surface area contributed by atoms with Crippen molar-refractivity contribution in [2.24, 2.45) is 0 Å². The van der Waals surface area contributed by atoms with Crippen molar-refractivity contribution < 1.29 is 28.0 Å². The van der Waals surface area contributed by atoms with Crippen LogP contribution in [0.25, 0.3) is 0 Å². The molecule has 1 saturated heterocycles. The maximum absolute atomic E-state index is 11.5. The maximum atomic E-state index is 11.5. The van der Waals surface area contributed by atoms with Gasteiger partial charge < -0.3 is 23.4 Å². The summed E-state index contributed by atoms with van der Waals surface area (Å²) in [6.07, 6.45) is 1.41. The summed E-state index contributed by atoms with van der Waals surface area (Å²) in [4.78, 5) is 11.5. The standard InChI is InChI=1S/C10H19O6P.2C2H6/c1-7-6-10(16-17(11,12)14-3)5-4-8(13-2)9(10)15-7;2*1-2/h7-9H,4-6H2,1-3H3,(H,11,12);2*1-2H3/p-1/t7-,8-,9?,10?;;/m0../s1. The molecule has 0 aromatic rings. The topological polar surface area (TPSA) is 77.1 Å². The highest BCUT2D eigenvalue weighted by Gasteiger charge is 2.57. The smallest absolute Gasteiger partial charge is 0.268 e. The van der Waals surface area contributed by atoms with Crippen molar-refractivity contribution in [1.82, 2.24) is 0 Å². The molecule has 0 bridgehead atoms. The quantitative estimate of drug-likeness (QED) is 0.740. The lowest BCUT2D eigenvalue weighted by molar-refractivity contribution is -0.236. The van der Waals surface area contributed by atoms with Gasteiger partial charge in [-0.15, -0.1) is 0 Å². The van der Waals surface area contributed by atoms with E-state index in [1.54, 1.807) is 7.11 Å². The molecule has 2 fully saturated rings. The van der Waals surface area contributed by atoms with Crippen molar-refractivity contribution in [3.05, 3.63) is 0 Å². The summed E-state index contributed by atoms with van der Waals surface area (Å²) in [5.74, 6) is 0. The van der Waals surface area contributed by atoms with Gasteiger partial charge in [0.05, 0.1) is 12.2 Å². The number of fused-ring (bicyclic) bond motifs is 1. The highest BCUT2D eigenvalue weighted by Crippen LogP contribution is 2.54. The molecule has 1 aliphatic carbocycles. The number of methoxy groups -OCH3 is 1. The van der Waals surface area contributed by atoms with Crippen LogP contribution in [0.4, 0.5) is 0 Å². The summed E-state index contributed by atoms with van der Waals surface area (Å²) < 4.78 is 32.1. The van der Waals surface area contributed by atoms with E-state index in [1.807, 2.05) is 34.6 Å². The Morgan fingerprint density at radius 2 is 1.81 bits per heavy atom. The van der Waals surface area contributed by atoms with E-state index in [2.05, 4.69) is 4.52 Å². The maximum Gasteiger partial charge on any atom is 0.268 e. The first-order valence-corrected chi connectivity index (χ1v) is 9.14. The van der Waals surface area contributed by atoms with Crippen LogP contribution in [0.5, 0.6) is 0 Å². The number of phosphoric acid groups is 1. The molecule has 0 amide bonds. The predicted octanol–water partition coefficient (Wildman–Crippen LogP) is 2.90. The number of hydrogen-bond donors (Lipinski definition) is 0. The SMILES string of the molecule is CC.CC.CO[C@H]1CCC2(OP(=O)([O-])OC)C[C@H](C)OC12. The third-order valence-electron chi connectivity index (χ3n) is 3.54. The number of rotatable bonds is 4. The molecule has 3 unspecified atom stereocenters. The van der Waals surface area contributed by atoms with Crippen LogP contribution in [-0.2, 0) is 23.1 Å². The van der Waals surface area contributed by atoms with Gasteiger partial charge in [0.2, 0.25) is 0 Å². The molecule has 1 aliphatic heterocycles. The Balaban J connectivity index is 0.000000921. The average molecular weight is 325 g/mol. The van der Waals surface area contributed by atoms with E-state index in [9.17, 15) is 9.46 Å². The molecule has 5 atom stereocenters. The van der Waals surface area contributed by atoms with Crippen molar-refractivity contribution >= 4 is 7.82 Å². The summed E-state index contributed by atoms with van der Waals surface area (Å²) >= 11 is 0. The van der Waals surface area contributed by atoms with Crippen LogP contribution >= 0.6 is 7.82 Å². The van der Waals surface area contributed by atoms with Crippen LogP contribution in [0.2, 0.25) is 0 Å². The molecule has 0 N–H and O–H groups in total. The molecule has 0 aromatic heterocycles. The Morgan fingerprint density at radius 1 is 1.24 bits per heavy atom. The van der Waals surface area contributed by atoms with Crippen LogP contribution in [0.3, 0.4) is 0 Å². The van der Waals surface area contributed by atoms with E-state index in [1.165, 1.54) is 0 Å². The van der Waals surface area contributed by atoms with Crippen LogP contribution < -0.4 is 4.89 Å². The molecule has 21 heavy (non-hydrogen) atoms. The van der Waals surface area contributed by atoms with Gasteiger partial charge in [-0.05, 0) is 19.8 Å². The summed E-state index contributed by atoms with van der Waals surface area (Å²) in [6.45, 7) is 9.90. The minimum atomic E-state index is -4.25. The molecule has 0 aromatic carbocycles. The second kappa shape index (κ2) is 9.23. The second-order valence-electron chi connectivity index (χ2n) is 4.67. The number of hydrogen-bond acceptors (Lipinski definition) is 6. The fraction of sp³-hybridized carbons (Fsp3) is 1.00. The second-order valence-corrected chi connectivity index (χ2v) is 6.11. The van der Waals surface area contributed by atoms with E-state index < -0.39 is 13.4 Å². The van der Waals surface area contributed by atoms with Crippen molar-refractivity contribution in [3.63, 3.8) is 0 Å². The van der Waals surface area contributed by atoms with Gasteiger partial charge in [-0.25, -0.2) is 0 Å². The van der Waals surface area contributed by atoms with Gasteiger partial charge >= 0.3 is 0 Å². The summed E-state index contributed by atoms with van der Waals surface area (Å²) in [5.41, 5.74) is -0.812. The first-order chi connectivity index (χ1) is 9.92. The van der Waals surface area contributed by atoms with Gasteiger partial charge in [-0.3, -0.25) is 4.57 Å². The first-order valence-electron chi connectivity index (χ1n) is 7.68. The average Bonchev–Trinajstić information content (AvgIpc) is 2.96. The molecule has 0 radical (unpaired) electrons. The summed E-state index contributed by atoms with van der Waals surface area (Å²) in [7, 11) is -1.55. The van der Waals surface area contributed by atoms with E-state index in [0.29, 0.717) is 12.8 Å². The summed E-state index contributed by atoms with van der Waals surface area (Å²) in [6, 6.07) is 0. The lowest BCUT2D eigenvalue weighted by atomic mass is 9.96. The van der Waals surface area contributed by atoms with Crippen LogP contribution in [-0.4, -0.2) is 38.1 Å². The Bertz CT molecular complexity index is 337. The van der Waals surface area contributed by atoms with Gasteiger partial charge in [-0.1, -0.05) is 27.7 Å². The molecular weight excluding hydrogens is 295 g/mol. The van der Waals surface area contributed by atoms with Crippen LogP contribution in [0, 0.1) is 0 Å². The van der Waals surface area contributed by atoms with E-state index in [-0.39, 0.29) is 18.3 Å². The molecule has 128 valence electrons. The summed E-state index contributed by atoms with van der Waals surface area (Å²) in [5, 5.41) is 0. The highest BCUT2D eigenvalue weighted by molar-refractivity contribution is 7.45. The van der Waals surface area contributed by atoms with Crippen LogP contribution in [0.1, 0.15) is 53.9 Å². The molecule has 2 aliphatic rings. The van der Waals surface area contributed by atoms with Gasteiger partial charge in [0.1, 0.15) is 11.7 Å². The third-order valence-corrected chi connectivity index (χ3v) is 4.57. The Hall–Kier alpha value is 0.0300. The Morgan fingerprint density at radius 3 is 2.29 bits per heavy atom. The van der Waals surface area contributed by atoms with Gasteiger partial charge in [0.15, 0.2) is 0 Å².